The number of benzene rings is 1. The van der Waals surface area contributed by atoms with Crippen molar-refractivity contribution in [2.24, 2.45) is 5.92 Å². The van der Waals surface area contributed by atoms with Crippen LogP contribution in [0.3, 0.4) is 0 Å². The van der Waals surface area contributed by atoms with Crippen LogP contribution in [0.15, 0.2) is 24.3 Å². The van der Waals surface area contributed by atoms with E-state index in [1.165, 1.54) is 0 Å². The first-order valence-corrected chi connectivity index (χ1v) is 6.92. The van der Waals surface area contributed by atoms with Crippen molar-refractivity contribution in [1.82, 2.24) is 14.9 Å². The van der Waals surface area contributed by atoms with E-state index in [4.69, 9.17) is 0 Å². The number of carboxylic acid groups (broad SMARTS) is 1. The molecular weight excluding hydrogens is 254 g/mol. The Bertz CT molecular complexity index is 660. The SMILES string of the molecule is CNC(Cn1c(C)nc2ccccc21)(C(=O)O)C1CC1. The number of carboxylic acids is 1. The summed E-state index contributed by atoms with van der Waals surface area (Å²) in [7, 11) is 1.74. The summed E-state index contributed by atoms with van der Waals surface area (Å²) in [6.07, 6.45) is 1.94. The molecule has 1 fully saturated rings. The van der Waals surface area contributed by atoms with E-state index in [1.807, 2.05) is 35.8 Å². The molecule has 1 heterocycles. The van der Waals surface area contributed by atoms with Crippen molar-refractivity contribution in [2.75, 3.05) is 7.05 Å². The second-order valence-electron chi connectivity index (χ2n) is 5.53. The number of para-hydroxylation sites is 2. The van der Waals surface area contributed by atoms with Gasteiger partial charge in [-0.05, 0) is 44.9 Å². The van der Waals surface area contributed by atoms with Crippen molar-refractivity contribution in [3.63, 3.8) is 0 Å². The first-order valence-electron chi connectivity index (χ1n) is 6.92. The molecule has 106 valence electrons. The Balaban J connectivity index is 2.07. The highest BCUT2D eigenvalue weighted by Crippen LogP contribution is 2.41. The number of likely N-dealkylation sites (N-methyl/N-ethyl adjacent to an activating group) is 1. The molecule has 5 heteroatoms. The number of fused-ring (bicyclic) bond motifs is 1. The number of aliphatic carboxylic acids is 1. The maximum atomic E-state index is 11.8. The van der Waals surface area contributed by atoms with E-state index in [1.54, 1.807) is 7.05 Å². The minimum Gasteiger partial charge on any atom is -0.480 e. The standard InChI is InChI=1S/C15H19N3O2/c1-10-17-12-5-3-4-6-13(12)18(10)9-15(16-2,14(19)20)11-7-8-11/h3-6,11,16H,7-9H2,1-2H3,(H,19,20). The van der Waals surface area contributed by atoms with Crippen molar-refractivity contribution in [1.29, 1.82) is 0 Å². The molecule has 0 bridgehead atoms. The monoisotopic (exact) mass is 273 g/mol. The van der Waals surface area contributed by atoms with E-state index in [0.29, 0.717) is 6.54 Å². The molecule has 2 aromatic rings. The third kappa shape index (κ3) is 1.89. The number of hydrogen-bond donors (Lipinski definition) is 2. The van der Waals surface area contributed by atoms with E-state index in [9.17, 15) is 9.90 Å². The number of carbonyl (C=O) groups is 1. The third-order valence-corrected chi connectivity index (χ3v) is 4.35. The minimum atomic E-state index is -0.895. The molecule has 5 nitrogen and oxygen atoms in total. The van der Waals surface area contributed by atoms with Gasteiger partial charge in [0, 0.05) is 0 Å². The zero-order valence-electron chi connectivity index (χ0n) is 11.8. The van der Waals surface area contributed by atoms with Gasteiger partial charge in [0.25, 0.3) is 0 Å². The predicted molar refractivity (Wildman–Crippen MR) is 76.6 cm³/mol. The van der Waals surface area contributed by atoms with Crippen molar-refractivity contribution >= 4 is 17.0 Å². The summed E-state index contributed by atoms with van der Waals surface area (Å²) < 4.78 is 2.01. The Hall–Kier alpha value is -1.88. The molecule has 0 aliphatic heterocycles. The van der Waals surface area contributed by atoms with Gasteiger partial charge in [0.05, 0.1) is 17.6 Å². The number of hydrogen-bond acceptors (Lipinski definition) is 3. The van der Waals surface area contributed by atoms with Crippen LogP contribution in [0.5, 0.6) is 0 Å². The van der Waals surface area contributed by atoms with Gasteiger partial charge in [-0.3, -0.25) is 4.79 Å². The second kappa shape index (κ2) is 4.59. The molecular formula is C15H19N3O2. The van der Waals surface area contributed by atoms with Gasteiger partial charge in [-0.2, -0.15) is 0 Å². The lowest BCUT2D eigenvalue weighted by Gasteiger charge is -2.30. The minimum absolute atomic E-state index is 0.200. The van der Waals surface area contributed by atoms with Gasteiger partial charge in [-0.1, -0.05) is 12.1 Å². The van der Waals surface area contributed by atoms with Crippen LogP contribution in [0.4, 0.5) is 0 Å². The van der Waals surface area contributed by atoms with E-state index in [-0.39, 0.29) is 5.92 Å². The highest BCUT2D eigenvalue weighted by atomic mass is 16.4. The van der Waals surface area contributed by atoms with Crippen LogP contribution in [0.1, 0.15) is 18.7 Å². The average molecular weight is 273 g/mol. The van der Waals surface area contributed by atoms with E-state index in [2.05, 4.69) is 10.3 Å². The van der Waals surface area contributed by atoms with Gasteiger partial charge in [0.1, 0.15) is 11.4 Å². The third-order valence-electron chi connectivity index (χ3n) is 4.35. The Morgan fingerprint density at radius 3 is 2.80 bits per heavy atom. The van der Waals surface area contributed by atoms with Crippen LogP contribution in [-0.4, -0.2) is 33.2 Å². The first kappa shape index (κ1) is 13.1. The number of imidazole rings is 1. The maximum absolute atomic E-state index is 11.8. The number of aromatic nitrogens is 2. The summed E-state index contributed by atoms with van der Waals surface area (Å²) in [5, 5.41) is 12.8. The van der Waals surface area contributed by atoms with E-state index >= 15 is 0 Å². The molecule has 0 amide bonds. The van der Waals surface area contributed by atoms with Gasteiger partial charge in [0.2, 0.25) is 0 Å². The Labute approximate surface area is 117 Å². The topological polar surface area (TPSA) is 67.2 Å². The largest absolute Gasteiger partial charge is 0.480 e. The zero-order valence-corrected chi connectivity index (χ0v) is 11.8. The molecule has 1 saturated carbocycles. The molecule has 0 saturated heterocycles. The lowest BCUT2D eigenvalue weighted by Crippen LogP contribution is -2.55. The highest BCUT2D eigenvalue weighted by Gasteiger charge is 2.50. The molecule has 3 rings (SSSR count). The van der Waals surface area contributed by atoms with Crippen molar-refractivity contribution in [3.05, 3.63) is 30.1 Å². The van der Waals surface area contributed by atoms with E-state index < -0.39 is 11.5 Å². The fourth-order valence-electron chi connectivity index (χ4n) is 2.98. The van der Waals surface area contributed by atoms with E-state index in [0.717, 1.165) is 29.7 Å². The number of nitrogens with one attached hydrogen (secondary N) is 1. The van der Waals surface area contributed by atoms with Gasteiger partial charge < -0.3 is 15.0 Å². The number of rotatable bonds is 5. The Kier molecular flexibility index (Phi) is 3.01. The van der Waals surface area contributed by atoms with Crippen molar-refractivity contribution in [3.8, 4) is 0 Å². The maximum Gasteiger partial charge on any atom is 0.326 e. The number of nitrogens with zero attached hydrogens (tertiary/aromatic N) is 2. The fraction of sp³-hybridized carbons (Fsp3) is 0.467. The van der Waals surface area contributed by atoms with Crippen molar-refractivity contribution in [2.45, 2.75) is 31.8 Å². The van der Waals surface area contributed by atoms with Gasteiger partial charge in [0.15, 0.2) is 0 Å². The van der Waals surface area contributed by atoms with Crippen LogP contribution >= 0.6 is 0 Å². The lowest BCUT2D eigenvalue weighted by molar-refractivity contribution is -0.146. The molecule has 1 atom stereocenters. The van der Waals surface area contributed by atoms with Crippen LogP contribution in [0.25, 0.3) is 11.0 Å². The Morgan fingerprint density at radius 2 is 2.20 bits per heavy atom. The molecule has 20 heavy (non-hydrogen) atoms. The van der Waals surface area contributed by atoms with Gasteiger partial charge >= 0.3 is 5.97 Å². The number of aryl methyl sites for hydroxylation is 1. The first-order chi connectivity index (χ1) is 9.58. The summed E-state index contributed by atoms with van der Waals surface area (Å²) in [4.78, 5) is 16.3. The Morgan fingerprint density at radius 1 is 1.50 bits per heavy atom. The van der Waals surface area contributed by atoms with Crippen LogP contribution in [0.2, 0.25) is 0 Å². The molecule has 1 aromatic heterocycles. The summed E-state index contributed by atoms with van der Waals surface area (Å²) in [6.45, 7) is 2.34. The molecule has 1 aromatic carbocycles. The average Bonchev–Trinajstić information content (AvgIpc) is 3.22. The predicted octanol–water partition coefficient (Wildman–Crippen LogP) is 1.80. The zero-order chi connectivity index (χ0) is 14.3. The molecule has 1 aliphatic rings. The normalized spacial score (nSPS) is 18.1. The quantitative estimate of drug-likeness (QED) is 0.871. The molecule has 2 N–H and O–H groups in total. The smallest absolute Gasteiger partial charge is 0.326 e. The van der Waals surface area contributed by atoms with Crippen LogP contribution in [0, 0.1) is 12.8 Å². The van der Waals surface area contributed by atoms with Crippen LogP contribution < -0.4 is 5.32 Å². The van der Waals surface area contributed by atoms with Gasteiger partial charge in [-0.25, -0.2) is 4.98 Å². The van der Waals surface area contributed by atoms with Gasteiger partial charge in [-0.15, -0.1) is 0 Å². The summed E-state index contributed by atoms with van der Waals surface area (Å²) in [5.74, 6) is 0.276. The molecule has 1 aliphatic carbocycles. The molecule has 0 spiro atoms. The second-order valence-corrected chi connectivity index (χ2v) is 5.53. The summed E-state index contributed by atoms with van der Waals surface area (Å²) >= 11 is 0. The van der Waals surface area contributed by atoms with Crippen molar-refractivity contribution < 1.29 is 9.90 Å². The fourth-order valence-corrected chi connectivity index (χ4v) is 2.98. The van der Waals surface area contributed by atoms with Crippen LogP contribution in [-0.2, 0) is 11.3 Å². The summed E-state index contributed by atoms with van der Waals surface area (Å²) in [5.41, 5.74) is 1.01. The summed E-state index contributed by atoms with van der Waals surface area (Å²) in [6, 6.07) is 7.85. The highest BCUT2D eigenvalue weighted by molar-refractivity contribution is 5.81. The lowest BCUT2D eigenvalue weighted by atomic mass is 9.93. The molecule has 0 radical (unpaired) electrons. The molecule has 1 unspecified atom stereocenters.